The maximum Gasteiger partial charge on any atom is 0.151 e. The zero-order valence-corrected chi connectivity index (χ0v) is 9.44. The second kappa shape index (κ2) is 6.38. The Morgan fingerprint density at radius 1 is 1.23 bits per heavy atom. The summed E-state index contributed by atoms with van der Waals surface area (Å²) in [6, 6.07) is -0.188. The van der Waals surface area contributed by atoms with E-state index in [2.05, 4.69) is 6.92 Å². The van der Waals surface area contributed by atoms with Crippen molar-refractivity contribution in [3.8, 4) is 0 Å². The Morgan fingerprint density at radius 2 is 1.85 bits per heavy atom. The van der Waals surface area contributed by atoms with Crippen molar-refractivity contribution >= 4 is 9.84 Å². The first-order valence-electron chi connectivity index (χ1n) is 4.97. The fraction of sp³-hybridized carbons (Fsp3) is 1.00. The summed E-state index contributed by atoms with van der Waals surface area (Å²) in [7, 11) is -2.89. The molecule has 0 aromatic rings. The summed E-state index contributed by atoms with van der Waals surface area (Å²) in [5.41, 5.74) is 5.58. The average molecular weight is 207 g/mol. The van der Waals surface area contributed by atoms with Gasteiger partial charge in [0.2, 0.25) is 0 Å². The molecule has 0 aromatic heterocycles. The lowest BCUT2D eigenvalue weighted by Gasteiger charge is -2.08. The van der Waals surface area contributed by atoms with Gasteiger partial charge in [0.25, 0.3) is 0 Å². The predicted octanol–water partition coefficient (Wildman–Crippen LogP) is 1.33. The molecule has 0 saturated carbocycles. The Morgan fingerprint density at radius 3 is 2.31 bits per heavy atom. The highest BCUT2D eigenvalue weighted by Crippen LogP contribution is 2.02. The van der Waals surface area contributed by atoms with Gasteiger partial charge < -0.3 is 5.73 Å². The largest absolute Gasteiger partial charge is 0.327 e. The molecule has 4 heteroatoms. The summed E-state index contributed by atoms with van der Waals surface area (Å²) in [5, 5.41) is 0. The van der Waals surface area contributed by atoms with Gasteiger partial charge in [0.1, 0.15) is 0 Å². The number of hydrogen-bond acceptors (Lipinski definition) is 3. The minimum atomic E-state index is -2.89. The van der Waals surface area contributed by atoms with Crippen molar-refractivity contribution < 1.29 is 8.42 Å². The number of hydrogen-bond donors (Lipinski definition) is 1. The molecule has 0 amide bonds. The van der Waals surface area contributed by atoms with Crippen LogP contribution in [0.4, 0.5) is 0 Å². The zero-order chi connectivity index (χ0) is 10.3. The second-order valence-electron chi connectivity index (χ2n) is 3.49. The van der Waals surface area contributed by atoms with Crippen molar-refractivity contribution in [2.75, 3.05) is 11.5 Å². The van der Waals surface area contributed by atoms with Gasteiger partial charge in [-0.1, -0.05) is 26.7 Å². The Kier molecular flexibility index (Phi) is 6.33. The molecule has 0 aliphatic heterocycles. The van der Waals surface area contributed by atoms with Crippen molar-refractivity contribution in [3.05, 3.63) is 0 Å². The molecular formula is C9H21NO2S. The Bertz CT molecular complexity index is 212. The topological polar surface area (TPSA) is 60.2 Å². The van der Waals surface area contributed by atoms with Crippen LogP contribution in [0.15, 0.2) is 0 Å². The van der Waals surface area contributed by atoms with Crippen molar-refractivity contribution in [3.63, 3.8) is 0 Å². The van der Waals surface area contributed by atoms with E-state index >= 15 is 0 Å². The molecule has 0 rings (SSSR count). The fourth-order valence-electron chi connectivity index (χ4n) is 1.10. The fourth-order valence-corrected chi connectivity index (χ4v) is 2.80. The van der Waals surface area contributed by atoms with E-state index in [0.29, 0.717) is 5.75 Å². The lowest BCUT2D eigenvalue weighted by atomic mass is 10.3. The molecule has 0 aliphatic carbocycles. The SMILES string of the molecule is CCCCCS(=O)(=O)CC(N)CC. The molecule has 1 unspecified atom stereocenters. The summed E-state index contributed by atoms with van der Waals surface area (Å²) in [6.07, 6.45) is 3.54. The average Bonchev–Trinajstić information content (AvgIpc) is 2.03. The van der Waals surface area contributed by atoms with Crippen LogP contribution in [-0.4, -0.2) is 26.0 Å². The molecule has 2 N–H and O–H groups in total. The highest BCUT2D eigenvalue weighted by atomic mass is 32.2. The van der Waals surface area contributed by atoms with E-state index in [-0.39, 0.29) is 11.8 Å². The van der Waals surface area contributed by atoms with Crippen LogP contribution in [0.3, 0.4) is 0 Å². The first kappa shape index (κ1) is 12.9. The molecule has 3 nitrogen and oxygen atoms in total. The molecule has 0 bridgehead atoms. The lowest BCUT2D eigenvalue weighted by Crippen LogP contribution is -2.30. The molecule has 1 atom stereocenters. The maximum absolute atomic E-state index is 11.4. The second-order valence-corrected chi connectivity index (χ2v) is 5.72. The Hall–Kier alpha value is -0.0900. The molecule has 13 heavy (non-hydrogen) atoms. The van der Waals surface area contributed by atoms with Crippen LogP contribution in [0, 0.1) is 0 Å². The van der Waals surface area contributed by atoms with Gasteiger partial charge in [-0.25, -0.2) is 8.42 Å². The molecule has 80 valence electrons. The van der Waals surface area contributed by atoms with Crippen molar-refractivity contribution in [2.45, 2.75) is 45.6 Å². The van der Waals surface area contributed by atoms with Gasteiger partial charge in [0, 0.05) is 6.04 Å². The molecule has 0 spiro atoms. The minimum absolute atomic E-state index is 0.146. The molecule has 0 radical (unpaired) electrons. The third-order valence-corrected chi connectivity index (χ3v) is 3.90. The van der Waals surface area contributed by atoms with Crippen LogP contribution in [0.25, 0.3) is 0 Å². The van der Waals surface area contributed by atoms with E-state index in [9.17, 15) is 8.42 Å². The summed E-state index contributed by atoms with van der Waals surface area (Å²) in [4.78, 5) is 0. The number of nitrogens with two attached hydrogens (primary N) is 1. The number of rotatable bonds is 7. The Balaban J connectivity index is 3.81. The monoisotopic (exact) mass is 207 g/mol. The van der Waals surface area contributed by atoms with E-state index in [1.807, 2.05) is 6.92 Å². The van der Waals surface area contributed by atoms with Crippen LogP contribution in [0.5, 0.6) is 0 Å². The van der Waals surface area contributed by atoms with Crippen LogP contribution >= 0.6 is 0 Å². The molecule has 0 heterocycles. The van der Waals surface area contributed by atoms with Crippen molar-refractivity contribution in [1.82, 2.24) is 0 Å². The highest BCUT2D eigenvalue weighted by molar-refractivity contribution is 7.91. The smallest absolute Gasteiger partial charge is 0.151 e. The third-order valence-electron chi connectivity index (χ3n) is 2.05. The van der Waals surface area contributed by atoms with E-state index in [1.165, 1.54) is 0 Å². The first-order valence-corrected chi connectivity index (χ1v) is 6.80. The van der Waals surface area contributed by atoms with E-state index in [0.717, 1.165) is 25.7 Å². The molecule has 0 aliphatic rings. The van der Waals surface area contributed by atoms with Crippen LogP contribution < -0.4 is 5.73 Å². The molecule has 0 aromatic carbocycles. The number of sulfone groups is 1. The van der Waals surface area contributed by atoms with Gasteiger partial charge in [-0.2, -0.15) is 0 Å². The normalized spacial score (nSPS) is 14.4. The summed E-state index contributed by atoms with van der Waals surface area (Å²) in [6.45, 7) is 3.97. The van der Waals surface area contributed by atoms with Gasteiger partial charge >= 0.3 is 0 Å². The van der Waals surface area contributed by atoms with Gasteiger partial charge in [0.05, 0.1) is 11.5 Å². The molecule has 0 fully saturated rings. The van der Waals surface area contributed by atoms with Gasteiger partial charge in [-0.05, 0) is 12.8 Å². The first-order chi connectivity index (χ1) is 6.02. The van der Waals surface area contributed by atoms with Crippen LogP contribution in [0.2, 0.25) is 0 Å². The quantitative estimate of drug-likeness (QED) is 0.641. The molecule has 0 saturated heterocycles. The predicted molar refractivity (Wildman–Crippen MR) is 56.4 cm³/mol. The third kappa shape index (κ3) is 7.02. The maximum atomic E-state index is 11.4. The van der Waals surface area contributed by atoms with Gasteiger partial charge in [0.15, 0.2) is 9.84 Å². The number of unbranched alkanes of at least 4 members (excludes halogenated alkanes) is 2. The van der Waals surface area contributed by atoms with Gasteiger partial charge in [-0.3, -0.25) is 0 Å². The molecular weight excluding hydrogens is 186 g/mol. The lowest BCUT2D eigenvalue weighted by molar-refractivity contribution is 0.579. The summed E-state index contributed by atoms with van der Waals surface area (Å²) >= 11 is 0. The standard InChI is InChI=1S/C9H21NO2S/c1-3-5-6-7-13(11,12)8-9(10)4-2/h9H,3-8,10H2,1-2H3. The van der Waals surface area contributed by atoms with Crippen LogP contribution in [-0.2, 0) is 9.84 Å². The highest BCUT2D eigenvalue weighted by Gasteiger charge is 2.13. The minimum Gasteiger partial charge on any atom is -0.327 e. The van der Waals surface area contributed by atoms with Crippen molar-refractivity contribution in [2.24, 2.45) is 5.73 Å². The summed E-state index contributed by atoms with van der Waals surface area (Å²) in [5.74, 6) is 0.446. The van der Waals surface area contributed by atoms with E-state index in [4.69, 9.17) is 5.73 Å². The zero-order valence-electron chi connectivity index (χ0n) is 8.62. The van der Waals surface area contributed by atoms with Crippen LogP contribution in [0.1, 0.15) is 39.5 Å². The Labute approximate surface area is 81.6 Å². The van der Waals surface area contributed by atoms with Gasteiger partial charge in [-0.15, -0.1) is 0 Å². The van der Waals surface area contributed by atoms with E-state index in [1.54, 1.807) is 0 Å². The van der Waals surface area contributed by atoms with E-state index < -0.39 is 9.84 Å². The summed E-state index contributed by atoms with van der Waals surface area (Å²) < 4.78 is 22.8. The van der Waals surface area contributed by atoms with Crippen molar-refractivity contribution in [1.29, 1.82) is 0 Å².